The normalized spacial score (nSPS) is 21.6. The highest BCUT2D eigenvalue weighted by atomic mass is 35.5. The Morgan fingerprint density at radius 3 is 3.11 bits per heavy atom. The number of hydrogen-bond donors (Lipinski definition) is 0. The first-order valence-corrected chi connectivity index (χ1v) is 6.61. The summed E-state index contributed by atoms with van der Waals surface area (Å²) in [5.41, 5.74) is 1.53. The third kappa shape index (κ3) is 2.20. The summed E-state index contributed by atoms with van der Waals surface area (Å²) in [6, 6.07) is 0. The molecule has 3 heterocycles. The van der Waals surface area contributed by atoms with Gasteiger partial charge in [0.05, 0.1) is 6.33 Å². The second-order valence-electron chi connectivity index (χ2n) is 5.00. The highest BCUT2D eigenvalue weighted by Crippen LogP contribution is 2.21. The number of halogens is 1. The average Bonchev–Trinajstić information content (AvgIpc) is 2.74. The van der Waals surface area contributed by atoms with Crippen LogP contribution in [0.4, 0.5) is 0 Å². The molecule has 2 aromatic heterocycles. The van der Waals surface area contributed by atoms with Crippen LogP contribution < -0.4 is 0 Å². The molecule has 96 valence electrons. The lowest BCUT2D eigenvalue weighted by Crippen LogP contribution is -2.34. The number of piperidine rings is 1. The summed E-state index contributed by atoms with van der Waals surface area (Å²) in [6.45, 7) is 3.29. The van der Waals surface area contributed by atoms with Crippen LogP contribution in [0.25, 0.3) is 11.2 Å². The molecule has 0 amide bonds. The fraction of sp³-hybridized carbons (Fsp3) is 0.583. The van der Waals surface area contributed by atoms with Gasteiger partial charge in [0.25, 0.3) is 0 Å². The van der Waals surface area contributed by atoms with Gasteiger partial charge >= 0.3 is 0 Å². The van der Waals surface area contributed by atoms with E-state index >= 15 is 0 Å². The number of fused-ring (bicyclic) bond motifs is 1. The molecule has 0 saturated carbocycles. The molecule has 0 spiro atoms. The van der Waals surface area contributed by atoms with E-state index in [4.69, 9.17) is 11.6 Å². The fourth-order valence-electron chi connectivity index (χ4n) is 2.69. The first-order chi connectivity index (χ1) is 8.74. The number of nitrogens with zero attached hydrogens (tertiary/aromatic N) is 5. The summed E-state index contributed by atoms with van der Waals surface area (Å²) >= 11 is 6.00. The highest BCUT2D eigenvalue weighted by molar-refractivity contribution is 6.33. The van der Waals surface area contributed by atoms with Crippen LogP contribution in [0, 0.1) is 5.92 Å². The molecule has 5 nitrogen and oxygen atoms in total. The second-order valence-corrected chi connectivity index (χ2v) is 5.36. The fourth-order valence-corrected chi connectivity index (χ4v) is 2.86. The van der Waals surface area contributed by atoms with E-state index in [0.717, 1.165) is 18.7 Å². The molecule has 1 saturated heterocycles. The van der Waals surface area contributed by atoms with E-state index in [1.165, 1.54) is 25.7 Å². The topological polar surface area (TPSA) is 46.8 Å². The molecule has 0 bridgehead atoms. The zero-order chi connectivity index (χ0) is 12.5. The molecule has 0 N–H and O–H groups in total. The SMILES string of the molecule is CN1CCC[C@@H](Cn2cnc3c(Cl)ncnc32)C1. The van der Waals surface area contributed by atoms with Gasteiger partial charge < -0.3 is 9.47 Å². The minimum absolute atomic E-state index is 0.430. The maximum atomic E-state index is 6.00. The molecule has 2 aromatic rings. The van der Waals surface area contributed by atoms with Gasteiger partial charge in [-0.1, -0.05) is 11.6 Å². The molecule has 18 heavy (non-hydrogen) atoms. The van der Waals surface area contributed by atoms with Crippen LogP contribution in [-0.2, 0) is 6.54 Å². The average molecular weight is 266 g/mol. The zero-order valence-corrected chi connectivity index (χ0v) is 11.1. The second kappa shape index (κ2) is 4.82. The van der Waals surface area contributed by atoms with Crippen molar-refractivity contribution in [1.29, 1.82) is 0 Å². The molecule has 1 atom stereocenters. The Balaban J connectivity index is 1.84. The Morgan fingerprint density at radius 1 is 1.39 bits per heavy atom. The molecular formula is C12H16ClN5. The van der Waals surface area contributed by atoms with Crippen molar-refractivity contribution in [3.63, 3.8) is 0 Å². The van der Waals surface area contributed by atoms with E-state index in [1.807, 2.05) is 6.33 Å². The monoisotopic (exact) mass is 265 g/mol. The predicted molar refractivity (Wildman–Crippen MR) is 70.6 cm³/mol. The van der Waals surface area contributed by atoms with Gasteiger partial charge in [-0.25, -0.2) is 15.0 Å². The molecule has 0 radical (unpaired) electrons. The van der Waals surface area contributed by atoms with Crippen molar-refractivity contribution in [3.05, 3.63) is 17.8 Å². The summed E-state index contributed by atoms with van der Waals surface area (Å²) in [5.74, 6) is 0.662. The van der Waals surface area contributed by atoms with Gasteiger partial charge in [0.15, 0.2) is 10.8 Å². The van der Waals surface area contributed by atoms with Gasteiger partial charge in [0.1, 0.15) is 11.8 Å². The van der Waals surface area contributed by atoms with Crippen molar-refractivity contribution in [3.8, 4) is 0 Å². The van der Waals surface area contributed by atoms with Gasteiger partial charge in [-0.05, 0) is 32.4 Å². The van der Waals surface area contributed by atoms with Crippen molar-refractivity contribution in [2.24, 2.45) is 5.92 Å². The lowest BCUT2D eigenvalue weighted by atomic mass is 9.98. The van der Waals surface area contributed by atoms with Gasteiger partial charge in [-0.3, -0.25) is 0 Å². The molecule has 3 rings (SSSR count). The number of aromatic nitrogens is 4. The Hall–Kier alpha value is -1.20. The first-order valence-electron chi connectivity index (χ1n) is 6.24. The van der Waals surface area contributed by atoms with E-state index in [9.17, 15) is 0 Å². The van der Waals surface area contributed by atoms with Crippen LogP contribution in [-0.4, -0.2) is 44.6 Å². The van der Waals surface area contributed by atoms with Crippen LogP contribution in [0.5, 0.6) is 0 Å². The van der Waals surface area contributed by atoms with Crippen LogP contribution >= 0.6 is 11.6 Å². The predicted octanol–water partition coefficient (Wildman–Crippen LogP) is 1.82. The number of likely N-dealkylation sites (tertiary alicyclic amines) is 1. The van der Waals surface area contributed by atoms with Crippen LogP contribution in [0.15, 0.2) is 12.7 Å². The maximum absolute atomic E-state index is 6.00. The van der Waals surface area contributed by atoms with E-state index in [-0.39, 0.29) is 0 Å². The summed E-state index contributed by atoms with van der Waals surface area (Å²) < 4.78 is 2.09. The Labute approximate surface area is 111 Å². The standard InChI is InChI=1S/C12H16ClN5/c1-17-4-2-3-9(5-17)6-18-8-16-10-11(13)14-7-15-12(10)18/h7-9H,2-6H2,1H3/t9-/m1/s1. The van der Waals surface area contributed by atoms with Crippen molar-refractivity contribution < 1.29 is 0 Å². The Morgan fingerprint density at radius 2 is 2.28 bits per heavy atom. The minimum Gasteiger partial charge on any atom is -0.315 e. The largest absolute Gasteiger partial charge is 0.315 e. The van der Waals surface area contributed by atoms with Crippen molar-refractivity contribution in [2.45, 2.75) is 19.4 Å². The number of imidazole rings is 1. The lowest BCUT2D eigenvalue weighted by molar-refractivity contribution is 0.195. The molecular weight excluding hydrogens is 250 g/mol. The molecule has 6 heteroatoms. The maximum Gasteiger partial charge on any atom is 0.164 e. The van der Waals surface area contributed by atoms with E-state index < -0.39 is 0 Å². The van der Waals surface area contributed by atoms with Gasteiger partial charge in [-0.15, -0.1) is 0 Å². The van der Waals surface area contributed by atoms with E-state index in [1.54, 1.807) is 0 Å². The van der Waals surface area contributed by atoms with E-state index in [0.29, 0.717) is 16.6 Å². The molecule has 1 aliphatic heterocycles. The van der Waals surface area contributed by atoms with Crippen LogP contribution in [0.3, 0.4) is 0 Å². The van der Waals surface area contributed by atoms with Gasteiger partial charge in [-0.2, -0.15) is 0 Å². The Bertz CT molecular complexity index is 552. The van der Waals surface area contributed by atoms with Crippen LogP contribution in [0.1, 0.15) is 12.8 Å². The smallest absolute Gasteiger partial charge is 0.164 e. The summed E-state index contributed by atoms with van der Waals surface area (Å²) in [5, 5.41) is 0.430. The van der Waals surface area contributed by atoms with Gasteiger partial charge in [0, 0.05) is 13.1 Å². The summed E-state index contributed by atoms with van der Waals surface area (Å²) in [4.78, 5) is 14.9. The van der Waals surface area contributed by atoms with Gasteiger partial charge in [0.2, 0.25) is 0 Å². The quantitative estimate of drug-likeness (QED) is 0.777. The molecule has 1 fully saturated rings. The summed E-state index contributed by atoms with van der Waals surface area (Å²) in [7, 11) is 2.18. The van der Waals surface area contributed by atoms with Crippen molar-refractivity contribution in [2.75, 3.05) is 20.1 Å². The molecule has 1 aliphatic rings. The van der Waals surface area contributed by atoms with Crippen LogP contribution in [0.2, 0.25) is 5.15 Å². The Kier molecular flexibility index (Phi) is 3.18. The molecule has 0 aliphatic carbocycles. The highest BCUT2D eigenvalue weighted by Gasteiger charge is 2.19. The van der Waals surface area contributed by atoms with Crippen molar-refractivity contribution in [1.82, 2.24) is 24.4 Å². The number of hydrogen-bond acceptors (Lipinski definition) is 4. The lowest BCUT2D eigenvalue weighted by Gasteiger charge is -2.29. The third-order valence-electron chi connectivity index (χ3n) is 3.53. The first kappa shape index (κ1) is 11.9. The molecule has 0 unspecified atom stereocenters. The van der Waals surface area contributed by atoms with Crippen molar-refractivity contribution >= 4 is 22.8 Å². The van der Waals surface area contributed by atoms with E-state index in [2.05, 4.69) is 31.5 Å². The number of rotatable bonds is 2. The third-order valence-corrected chi connectivity index (χ3v) is 3.81. The molecule has 0 aromatic carbocycles. The minimum atomic E-state index is 0.430. The summed E-state index contributed by atoms with van der Waals surface area (Å²) in [6.07, 6.45) is 5.85. The zero-order valence-electron chi connectivity index (χ0n) is 10.4.